The predicted molar refractivity (Wildman–Crippen MR) is 101 cm³/mol. The van der Waals surface area contributed by atoms with Crippen molar-refractivity contribution >= 4 is 24.0 Å². The number of anilines is 1. The van der Waals surface area contributed by atoms with Crippen molar-refractivity contribution in [3.05, 3.63) is 24.3 Å². The Bertz CT molecular complexity index is 605. The van der Waals surface area contributed by atoms with Crippen LogP contribution in [0.15, 0.2) is 24.3 Å². The Hall–Kier alpha value is -1.30. The van der Waals surface area contributed by atoms with Crippen molar-refractivity contribution in [1.29, 1.82) is 0 Å². The van der Waals surface area contributed by atoms with Crippen LogP contribution in [0.1, 0.15) is 40.0 Å². The second-order valence-electron chi connectivity index (χ2n) is 7.46. The van der Waals surface area contributed by atoms with E-state index in [0.717, 1.165) is 37.3 Å². The molecule has 3 atom stereocenters. The van der Waals surface area contributed by atoms with Gasteiger partial charge in [-0.25, -0.2) is 0 Å². The van der Waals surface area contributed by atoms with Crippen LogP contribution in [0.4, 0.5) is 5.69 Å². The molecule has 1 aromatic carbocycles. The molecule has 3 rings (SSSR count). The van der Waals surface area contributed by atoms with Gasteiger partial charge >= 0.3 is 0 Å². The summed E-state index contributed by atoms with van der Waals surface area (Å²) in [6.07, 6.45) is 2.95. The lowest BCUT2D eigenvalue weighted by Crippen LogP contribution is -2.81. The maximum absolute atomic E-state index is 12.9. The number of carbonyl (C=O) groups is 1. The molecule has 0 radical (unpaired) electrons. The largest absolute Gasteiger partial charge is 0.494 e. The summed E-state index contributed by atoms with van der Waals surface area (Å²) < 4.78 is 11.4. The van der Waals surface area contributed by atoms with Crippen LogP contribution < -0.4 is 15.8 Å². The number of halogens is 1. The number of benzene rings is 1. The van der Waals surface area contributed by atoms with Crippen molar-refractivity contribution < 1.29 is 14.3 Å². The fourth-order valence-corrected chi connectivity index (χ4v) is 4.13. The van der Waals surface area contributed by atoms with Crippen LogP contribution in [-0.4, -0.2) is 30.8 Å². The Kier molecular flexibility index (Phi) is 6.02. The standard InChI is InChI=1S/C19H28N2O3.ClH/c1-4-11-23-14-9-7-13(8-10-14)21-17(22)19(20)15-6-5-12-24-16(15)18(19,2)3;/h7-10,15-16H,4-6,11-12,20H2,1-3H3,(H,21,22);1H. The first kappa shape index (κ1) is 20.0. The SMILES string of the molecule is CCCOc1ccc(NC(=O)C2(N)C3CCCOC3C2(C)C)cc1.Cl. The Morgan fingerprint density at radius 1 is 1.36 bits per heavy atom. The fourth-order valence-electron chi connectivity index (χ4n) is 4.13. The number of carbonyl (C=O) groups excluding carboxylic acids is 1. The average Bonchev–Trinajstić information content (AvgIpc) is 2.60. The van der Waals surface area contributed by atoms with Crippen LogP contribution in [-0.2, 0) is 9.53 Å². The highest BCUT2D eigenvalue weighted by Crippen LogP contribution is 2.57. The van der Waals surface area contributed by atoms with Crippen LogP contribution in [0.5, 0.6) is 5.75 Å². The first-order valence-corrected chi connectivity index (χ1v) is 8.86. The predicted octanol–water partition coefficient (Wildman–Crippen LogP) is 3.37. The van der Waals surface area contributed by atoms with Gasteiger partial charge in [0.25, 0.3) is 0 Å². The highest BCUT2D eigenvalue weighted by atomic mass is 35.5. The van der Waals surface area contributed by atoms with E-state index in [1.165, 1.54) is 0 Å². The fraction of sp³-hybridized carbons (Fsp3) is 0.632. The first-order valence-electron chi connectivity index (χ1n) is 8.86. The molecule has 0 spiro atoms. The highest BCUT2D eigenvalue weighted by Gasteiger charge is 2.70. The number of hydrogen-bond acceptors (Lipinski definition) is 4. The quantitative estimate of drug-likeness (QED) is 0.835. The lowest BCUT2D eigenvalue weighted by atomic mass is 9.46. The van der Waals surface area contributed by atoms with Gasteiger partial charge in [0.15, 0.2) is 0 Å². The summed E-state index contributed by atoms with van der Waals surface area (Å²) in [7, 11) is 0. The molecule has 1 saturated carbocycles. The van der Waals surface area contributed by atoms with Crippen LogP contribution in [0, 0.1) is 11.3 Å². The Morgan fingerprint density at radius 2 is 2.04 bits per heavy atom. The third-order valence-electron chi connectivity index (χ3n) is 5.65. The van der Waals surface area contributed by atoms with E-state index in [1.54, 1.807) is 0 Å². The van der Waals surface area contributed by atoms with E-state index < -0.39 is 5.54 Å². The third kappa shape index (κ3) is 3.25. The third-order valence-corrected chi connectivity index (χ3v) is 5.65. The first-order chi connectivity index (χ1) is 11.4. The molecule has 1 aliphatic carbocycles. The molecule has 0 aromatic heterocycles. The summed E-state index contributed by atoms with van der Waals surface area (Å²) in [4.78, 5) is 12.9. The zero-order valence-corrected chi connectivity index (χ0v) is 16.0. The molecule has 3 N–H and O–H groups in total. The molecular formula is C19H29ClN2O3. The molecule has 1 saturated heterocycles. The Balaban J connectivity index is 0.00000225. The van der Waals surface area contributed by atoms with Gasteiger partial charge in [-0.15, -0.1) is 12.4 Å². The molecule has 25 heavy (non-hydrogen) atoms. The summed E-state index contributed by atoms with van der Waals surface area (Å²) in [5, 5.41) is 2.98. The summed E-state index contributed by atoms with van der Waals surface area (Å²) in [5.74, 6) is 0.775. The summed E-state index contributed by atoms with van der Waals surface area (Å²) >= 11 is 0. The van der Waals surface area contributed by atoms with E-state index in [2.05, 4.69) is 12.2 Å². The topological polar surface area (TPSA) is 73.6 Å². The van der Waals surface area contributed by atoms with E-state index >= 15 is 0 Å². The number of amides is 1. The zero-order chi connectivity index (χ0) is 17.4. The normalized spacial score (nSPS) is 29.6. The zero-order valence-electron chi connectivity index (χ0n) is 15.2. The van der Waals surface area contributed by atoms with Gasteiger partial charge in [-0.2, -0.15) is 0 Å². The lowest BCUT2D eigenvalue weighted by Gasteiger charge is -2.65. The number of hydrogen-bond donors (Lipinski definition) is 2. The number of ether oxygens (including phenoxy) is 2. The second kappa shape index (κ2) is 7.52. The van der Waals surface area contributed by atoms with E-state index in [1.807, 2.05) is 38.1 Å². The van der Waals surface area contributed by atoms with Crippen molar-refractivity contribution in [3.63, 3.8) is 0 Å². The van der Waals surface area contributed by atoms with Gasteiger partial charge in [0.05, 0.1) is 12.7 Å². The number of rotatable bonds is 5. The van der Waals surface area contributed by atoms with Crippen LogP contribution >= 0.6 is 12.4 Å². The second-order valence-corrected chi connectivity index (χ2v) is 7.46. The maximum Gasteiger partial charge on any atom is 0.245 e. The van der Waals surface area contributed by atoms with Crippen LogP contribution in [0.3, 0.4) is 0 Å². The van der Waals surface area contributed by atoms with Crippen molar-refractivity contribution in [1.82, 2.24) is 0 Å². The van der Waals surface area contributed by atoms with E-state index in [0.29, 0.717) is 6.61 Å². The van der Waals surface area contributed by atoms with Crippen molar-refractivity contribution in [2.24, 2.45) is 17.1 Å². The summed E-state index contributed by atoms with van der Waals surface area (Å²) in [6, 6.07) is 7.44. The van der Waals surface area contributed by atoms with Crippen molar-refractivity contribution in [2.75, 3.05) is 18.5 Å². The number of nitrogens with two attached hydrogens (primary N) is 1. The molecule has 6 heteroatoms. The molecule has 1 heterocycles. The Labute approximate surface area is 156 Å². The molecule has 0 bridgehead atoms. The smallest absolute Gasteiger partial charge is 0.245 e. The van der Waals surface area contributed by atoms with Crippen LogP contribution in [0.2, 0.25) is 0 Å². The maximum atomic E-state index is 12.9. The molecule has 1 aliphatic heterocycles. The summed E-state index contributed by atoms with van der Waals surface area (Å²) in [6.45, 7) is 7.58. The molecule has 3 unspecified atom stereocenters. The molecule has 1 amide bonds. The molecule has 2 fully saturated rings. The monoisotopic (exact) mass is 368 g/mol. The van der Waals surface area contributed by atoms with Gasteiger partial charge in [0, 0.05) is 23.6 Å². The lowest BCUT2D eigenvalue weighted by molar-refractivity contribution is -0.222. The average molecular weight is 369 g/mol. The highest BCUT2D eigenvalue weighted by molar-refractivity contribution is 6.00. The molecule has 140 valence electrons. The van der Waals surface area contributed by atoms with Crippen LogP contribution in [0.25, 0.3) is 0 Å². The van der Waals surface area contributed by atoms with Gasteiger partial charge in [0.1, 0.15) is 11.3 Å². The van der Waals surface area contributed by atoms with Gasteiger partial charge in [-0.05, 0) is 43.5 Å². The van der Waals surface area contributed by atoms with Gasteiger partial charge in [-0.3, -0.25) is 4.79 Å². The van der Waals surface area contributed by atoms with E-state index in [4.69, 9.17) is 15.2 Å². The Morgan fingerprint density at radius 3 is 2.68 bits per heavy atom. The molecule has 5 nitrogen and oxygen atoms in total. The van der Waals surface area contributed by atoms with Gasteiger partial charge in [0.2, 0.25) is 5.91 Å². The van der Waals surface area contributed by atoms with Gasteiger partial charge < -0.3 is 20.5 Å². The minimum atomic E-state index is -0.893. The minimum absolute atomic E-state index is 0. The van der Waals surface area contributed by atoms with E-state index in [9.17, 15) is 4.79 Å². The molecule has 1 aromatic rings. The molecular weight excluding hydrogens is 340 g/mol. The minimum Gasteiger partial charge on any atom is -0.494 e. The summed E-state index contributed by atoms with van der Waals surface area (Å²) in [5.41, 5.74) is 6.08. The van der Waals surface area contributed by atoms with Crippen molar-refractivity contribution in [2.45, 2.75) is 51.7 Å². The number of nitrogens with one attached hydrogen (secondary N) is 1. The van der Waals surface area contributed by atoms with Gasteiger partial charge in [-0.1, -0.05) is 20.8 Å². The van der Waals surface area contributed by atoms with E-state index in [-0.39, 0.29) is 35.8 Å². The molecule has 2 aliphatic rings. The van der Waals surface area contributed by atoms with Crippen molar-refractivity contribution in [3.8, 4) is 5.75 Å². The number of fused-ring (bicyclic) bond motifs is 1.